The first kappa shape index (κ1) is 17.9. The lowest BCUT2D eigenvalue weighted by atomic mass is 9.87. The minimum Gasteiger partial charge on any atom is -0.502 e. The standard InChI is InChI=1S/C21H21N3O4/c1-27-17-8-14(9-18(28-2)20(17)26)15-10-19(25)23-21-16(15)11-22-24(21)12-13-6-4-3-5-7-13/h3-9,11,15,26H,10,12H2,1-2H3,(H,23,25). The highest BCUT2D eigenvalue weighted by molar-refractivity contribution is 5.94. The number of carbonyl (C=O) groups is 1. The van der Waals surface area contributed by atoms with Crippen LogP contribution >= 0.6 is 0 Å². The Morgan fingerprint density at radius 1 is 1.18 bits per heavy atom. The van der Waals surface area contributed by atoms with Gasteiger partial charge in [-0.25, -0.2) is 4.68 Å². The molecule has 0 aliphatic carbocycles. The molecule has 2 heterocycles. The molecule has 7 heteroatoms. The summed E-state index contributed by atoms with van der Waals surface area (Å²) in [5, 5.41) is 17.6. The lowest BCUT2D eigenvalue weighted by Gasteiger charge is -2.24. The van der Waals surface area contributed by atoms with E-state index in [2.05, 4.69) is 10.4 Å². The van der Waals surface area contributed by atoms with Crippen LogP contribution in [0.15, 0.2) is 48.7 Å². The van der Waals surface area contributed by atoms with Crippen molar-refractivity contribution in [2.75, 3.05) is 19.5 Å². The zero-order chi connectivity index (χ0) is 19.7. The molecule has 2 aromatic carbocycles. The molecule has 1 aromatic heterocycles. The smallest absolute Gasteiger partial charge is 0.226 e. The summed E-state index contributed by atoms with van der Waals surface area (Å²) < 4.78 is 12.3. The molecule has 0 fully saturated rings. The number of phenolic OH excluding ortho intramolecular Hbond substituents is 1. The third-order valence-corrected chi connectivity index (χ3v) is 4.97. The Morgan fingerprint density at radius 3 is 2.50 bits per heavy atom. The zero-order valence-electron chi connectivity index (χ0n) is 15.7. The number of amides is 1. The second-order valence-corrected chi connectivity index (χ2v) is 6.67. The number of carbonyl (C=O) groups excluding carboxylic acids is 1. The maximum atomic E-state index is 12.4. The Balaban J connectivity index is 1.75. The Labute approximate surface area is 162 Å². The fourth-order valence-corrected chi connectivity index (χ4v) is 3.56. The first-order valence-electron chi connectivity index (χ1n) is 8.95. The molecule has 0 spiro atoms. The molecule has 0 saturated heterocycles. The molecule has 1 aliphatic rings. The molecule has 3 aromatic rings. The molecule has 2 N–H and O–H groups in total. The summed E-state index contributed by atoms with van der Waals surface area (Å²) >= 11 is 0. The predicted molar refractivity (Wildman–Crippen MR) is 104 cm³/mol. The first-order chi connectivity index (χ1) is 13.6. The van der Waals surface area contributed by atoms with E-state index in [4.69, 9.17) is 9.47 Å². The van der Waals surface area contributed by atoms with E-state index in [-0.39, 0.29) is 24.0 Å². The monoisotopic (exact) mass is 379 g/mol. The zero-order valence-corrected chi connectivity index (χ0v) is 15.7. The van der Waals surface area contributed by atoms with Gasteiger partial charge in [0.05, 0.1) is 27.0 Å². The largest absolute Gasteiger partial charge is 0.502 e. The topological polar surface area (TPSA) is 85.6 Å². The number of benzene rings is 2. The normalized spacial score (nSPS) is 15.6. The van der Waals surface area contributed by atoms with Gasteiger partial charge < -0.3 is 19.9 Å². The maximum Gasteiger partial charge on any atom is 0.226 e. The number of aromatic hydroxyl groups is 1. The number of methoxy groups -OCH3 is 2. The molecule has 1 unspecified atom stereocenters. The summed E-state index contributed by atoms with van der Waals surface area (Å²) in [5.74, 6) is 0.942. The average Bonchev–Trinajstić information content (AvgIpc) is 3.11. The summed E-state index contributed by atoms with van der Waals surface area (Å²) in [6, 6.07) is 13.4. The van der Waals surface area contributed by atoms with E-state index in [0.717, 1.165) is 16.7 Å². The molecule has 28 heavy (non-hydrogen) atoms. The van der Waals surface area contributed by atoms with Crippen LogP contribution in [-0.2, 0) is 11.3 Å². The molecule has 0 bridgehead atoms. The van der Waals surface area contributed by atoms with Crippen molar-refractivity contribution in [3.8, 4) is 17.2 Å². The number of ether oxygens (including phenoxy) is 2. The first-order valence-corrected chi connectivity index (χ1v) is 8.95. The van der Waals surface area contributed by atoms with Gasteiger partial charge in [0.25, 0.3) is 0 Å². The average molecular weight is 379 g/mol. The number of rotatable bonds is 5. The van der Waals surface area contributed by atoms with Crippen molar-refractivity contribution >= 4 is 11.7 Å². The van der Waals surface area contributed by atoms with Gasteiger partial charge in [-0.3, -0.25) is 4.79 Å². The Hall–Kier alpha value is -3.48. The van der Waals surface area contributed by atoms with Gasteiger partial charge in [0.2, 0.25) is 11.7 Å². The highest BCUT2D eigenvalue weighted by Gasteiger charge is 2.31. The summed E-state index contributed by atoms with van der Waals surface area (Å²) in [6.45, 7) is 0.561. The third-order valence-electron chi connectivity index (χ3n) is 4.97. The van der Waals surface area contributed by atoms with E-state index in [0.29, 0.717) is 23.9 Å². The highest BCUT2D eigenvalue weighted by Crippen LogP contribution is 2.44. The van der Waals surface area contributed by atoms with Gasteiger partial charge >= 0.3 is 0 Å². The van der Waals surface area contributed by atoms with E-state index in [1.165, 1.54) is 14.2 Å². The fourth-order valence-electron chi connectivity index (χ4n) is 3.56. The van der Waals surface area contributed by atoms with Crippen molar-refractivity contribution in [3.63, 3.8) is 0 Å². The van der Waals surface area contributed by atoms with Gasteiger partial charge in [-0.05, 0) is 23.3 Å². The van der Waals surface area contributed by atoms with Crippen LogP contribution in [0.4, 0.5) is 5.82 Å². The quantitative estimate of drug-likeness (QED) is 0.711. The van der Waals surface area contributed by atoms with E-state index in [9.17, 15) is 9.90 Å². The van der Waals surface area contributed by atoms with Gasteiger partial charge in [-0.15, -0.1) is 0 Å². The van der Waals surface area contributed by atoms with Crippen molar-refractivity contribution in [3.05, 3.63) is 65.4 Å². The van der Waals surface area contributed by atoms with Crippen molar-refractivity contribution in [1.29, 1.82) is 0 Å². The van der Waals surface area contributed by atoms with Crippen LogP contribution in [0, 0.1) is 0 Å². The SMILES string of the molecule is COc1cc(C2CC(=O)Nc3c2cnn3Cc2ccccc2)cc(OC)c1O. The highest BCUT2D eigenvalue weighted by atomic mass is 16.5. The Bertz CT molecular complexity index is 989. The fraction of sp³-hybridized carbons (Fsp3) is 0.238. The number of nitrogens with zero attached hydrogens (tertiary/aromatic N) is 2. The predicted octanol–water partition coefficient (Wildman–Crippen LogP) is 3.13. The van der Waals surface area contributed by atoms with E-state index in [1.54, 1.807) is 23.0 Å². The minimum atomic E-state index is -0.211. The van der Waals surface area contributed by atoms with Crippen molar-refractivity contribution < 1.29 is 19.4 Å². The molecule has 1 aliphatic heterocycles. The number of hydrogen-bond donors (Lipinski definition) is 2. The van der Waals surface area contributed by atoms with Crippen LogP contribution in [0.2, 0.25) is 0 Å². The maximum absolute atomic E-state index is 12.4. The molecule has 1 amide bonds. The van der Waals surface area contributed by atoms with Crippen LogP contribution in [-0.4, -0.2) is 35.0 Å². The van der Waals surface area contributed by atoms with Crippen molar-refractivity contribution in [2.45, 2.75) is 18.9 Å². The number of nitrogens with one attached hydrogen (secondary N) is 1. The van der Waals surface area contributed by atoms with Crippen LogP contribution < -0.4 is 14.8 Å². The molecule has 1 atom stereocenters. The molecule has 4 rings (SSSR count). The number of hydrogen-bond acceptors (Lipinski definition) is 5. The number of anilines is 1. The third kappa shape index (κ3) is 3.15. The minimum absolute atomic E-state index is 0.0611. The van der Waals surface area contributed by atoms with Crippen molar-refractivity contribution in [2.24, 2.45) is 0 Å². The van der Waals surface area contributed by atoms with Gasteiger partial charge in [0.15, 0.2) is 11.5 Å². The summed E-state index contributed by atoms with van der Waals surface area (Å²) in [7, 11) is 2.96. The van der Waals surface area contributed by atoms with Crippen molar-refractivity contribution in [1.82, 2.24) is 9.78 Å². The van der Waals surface area contributed by atoms with Crippen LogP contribution in [0.25, 0.3) is 0 Å². The summed E-state index contributed by atoms with van der Waals surface area (Å²) in [6.07, 6.45) is 2.06. The lowest BCUT2D eigenvalue weighted by molar-refractivity contribution is -0.116. The number of aromatic nitrogens is 2. The van der Waals surface area contributed by atoms with Gasteiger partial charge in [-0.2, -0.15) is 5.10 Å². The van der Waals surface area contributed by atoms with Gasteiger partial charge in [0, 0.05) is 17.9 Å². The molecular formula is C21H21N3O4. The molecule has 144 valence electrons. The van der Waals surface area contributed by atoms with E-state index < -0.39 is 0 Å². The molecular weight excluding hydrogens is 358 g/mol. The van der Waals surface area contributed by atoms with Gasteiger partial charge in [0.1, 0.15) is 5.82 Å². The van der Waals surface area contributed by atoms with E-state index >= 15 is 0 Å². The molecule has 0 radical (unpaired) electrons. The second kappa shape index (κ2) is 7.26. The summed E-state index contributed by atoms with van der Waals surface area (Å²) in [4.78, 5) is 12.4. The molecule has 7 nitrogen and oxygen atoms in total. The second-order valence-electron chi connectivity index (χ2n) is 6.67. The number of phenols is 1. The summed E-state index contributed by atoms with van der Waals surface area (Å²) in [5.41, 5.74) is 2.84. The molecule has 0 saturated carbocycles. The van der Waals surface area contributed by atoms with Crippen LogP contribution in [0.1, 0.15) is 29.0 Å². The Morgan fingerprint density at radius 2 is 1.86 bits per heavy atom. The van der Waals surface area contributed by atoms with Crippen LogP contribution in [0.3, 0.4) is 0 Å². The van der Waals surface area contributed by atoms with E-state index in [1.807, 2.05) is 30.3 Å². The Kier molecular flexibility index (Phi) is 4.65. The van der Waals surface area contributed by atoms with Gasteiger partial charge in [-0.1, -0.05) is 30.3 Å². The van der Waals surface area contributed by atoms with Crippen LogP contribution in [0.5, 0.6) is 17.2 Å². The number of fused-ring (bicyclic) bond motifs is 1. The lowest BCUT2D eigenvalue weighted by Crippen LogP contribution is -2.25.